The Hall–Kier alpha value is -1.62. The van der Waals surface area contributed by atoms with Crippen molar-refractivity contribution in [3.63, 3.8) is 0 Å². The molecule has 0 aliphatic carbocycles. The maximum atomic E-state index is 5.93. The first-order valence-electron chi connectivity index (χ1n) is 6.86. The molecule has 0 aliphatic heterocycles. The highest BCUT2D eigenvalue weighted by Gasteiger charge is 2.19. The molecule has 2 rings (SSSR count). The van der Waals surface area contributed by atoms with E-state index < -0.39 is 0 Å². The standard InChI is InChI=1S/C16H21BrN4/c1-16(2,3)15-19-13(18)9-14(20-15)21(4)10-11-6-5-7-12(17)8-11/h5-9H,10H2,1-4H3,(H2,18,19,20). The topological polar surface area (TPSA) is 55.0 Å². The van der Waals surface area contributed by atoms with Crippen molar-refractivity contribution < 1.29 is 0 Å². The number of halogens is 1. The van der Waals surface area contributed by atoms with Crippen molar-refractivity contribution in [2.75, 3.05) is 17.7 Å². The minimum atomic E-state index is -0.124. The Morgan fingerprint density at radius 1 is 1.19 bits per heavy atom. The predicted molar refractivity (Wildman–Crippen MR) is 91.4 cm³/mol. The molecule has 1 aromatic heterocycles. The van der Waals surface area contributed by atoms with Crippen LogP contribution in [0.1, 0.15) is 32.2 Å². The van der Waals surface area contributed by atoms with E-state index in [1.54, 1.807) is 0 Å². The SMILES string of the molecule is CN(Cc1cccc(Br)c1)c1cc(N)nc(C(C)(C)C)n1. The van der Waals surface area contributed by atoms with E-state index in [9.17, 15) is 0 Å². The van der Waals surface area contributed by atoms with Crippen LogP contribution in [0.2, 0.25) is 0 Å². The van der Waals surface area contributed by atoms with E-state index in [0.29, 0.717) is 5.82 Å². The first-order valence-corrected chi connectivity index (χ1v) is 7.65. The van der Waals surface area contributed by atoms with Gasteiger partial charge in [0.25, 0.3) is 0 Å². The van der Waals surface area contributed by atoms with Crippen LogP contribution >= 0.6 is 15.9 Å². The van der Waals surface area contributed by atoms with Crippen molar-refractivity contribution in [3.8, 4) is 0 Å². The summed E-state index contributed by atoms with van der Waals surface area (Å²) in [6, 6.07) is 10.1. The van der Waals surface area contributed by atoms with Gasteiger partial charge in [-0.2, -0.15) is 0 Å². The molecule has 0 amide bonds. The van der Waals surface area contributed by atoms with Crippen LogP contribution in [0, 0.1) is 0 Å². The number of aromatic nitrogens is 2. The highest BCUT2D eigenvalue weighted by atomic mass is 79.9. The number of benzene rings is 1. The molecule has 4 nitrogen and oxygen atoms in total. The van der Waals surface area contributed by atoms with E-state index in [-0.39, 0.29) is 5.41 Å². The Balaban J connectivity index is 2.27. The molecule has 2 N–H and O–H groups in total. The van der Waals surface area contributed by atoms with Gasteiger partial charge in [-0.1, -0.05) is 48.8 Å². The van der Waals surface area contributed by atoms with Gasteiger partial charge >= 0.3 is 0 Å². The van der Waals surface area contributed by atoms with Gasteiger partial charge in [-0.15, -0.1) is 0 Å². The monoisotopic (exact) mass is 348 g/mol. The van der Waals surface area contributed by atoms with E-state index in [0.717, 1.165) is 22.7 Å². The van der Waals surface area contributed by atoms with Gasteiger partial charge in [0.2, 0.25) is 0 Å². The van der Waals surface area contributed by atoms with Gasteiger partial charge in [-0.3, -0.25) is 0 Å². The number of nitrogens with zero attached hydrogens (tertiary/aromatic N) is 3. The zero-order valence-electron chi connectivity index (χ0n) is 12.9. The Bertz CT molecular complexity index is 634. The molecule has 5 heteroatoms. The lowest BCUT2D eigenvalue weighted by Gasteiger charge is -2.22. The summed E-state index contributed by atoms with van der Waals surface area (Å²) in [5, 5.41) is 0. The minimum Gasteiger partial charge on any atom is -0.384 e. The molecule has 0 atom stereocenters. The smallest absolute Gasteiger partial charge is 0.138 e. The fraction of sp³-hybridized carbons (Fsp3) is 0.375. The molecule has 0 aliphatic rings. The average Bonchev–Trinajstić information content (AvgIpc) is 2.37. The van der Waals surface area contributed by atoms with Crippen LogP contribution in [-0.2, 0) is 12.0 Å². The molecule has 1 aromatic carbocycles. The summed E-state index contributed by atoms with van der Waals surface area (Å²) in [6.07, 6.45) is 0. The van der Waals surface area contributed by atoms with E-state index in [1.807, 2.05) is 25.2 Å². The van der Waals surface area contributed by atoms with Crippen molar-refractivity contribution in [1.29, 1.82) is 0 Å². The molecule has 0 fully saturated rings. The number of hydrogen-bond donors (Lipinski definition) is 1. The van der Waals surface area contributed by atoms with Gasteiger partial charge in [0.05, 0.1) is 0 Å². The highest BCUT2D eigenvalue weighted by Crippen LogP contribution is 2.23. The molecular weight excluding hydrogens is 328 g/mol. The summed E-state index contributed by atoms with van der Waals surface area (Å²) >= 11 is 3.49. The lowest BCUT2D eigenvalue weighted by Crippen LogP contribution is -2.22. The largest absolute Gasteiger partial charge is 0.384 e. The zero-order valence-corrected chi connectivity index (χ0v) is 14.5. The third kappa shape index (κ3) is 4.17. The molecule has 21 heavy (non-hydrogen) atoms. The second kappa shape index (κ2) is 6.02. The maximum absolute atomic E-state index is 5.93. The Morgan fingerprint density at radius 3 is 2.52 bits per heavy atom. The molecule has 0 saturated heterocycles. The van der Waals surface area contributed by atoms with Gasteiger partial charge < -0.3 is 10.6 Å². The lowest BCUT2D eigenvalue weighted by molar-refractivity contribution is 0.545. The number of anilines is 2. The minimum absolute atomic E-state index is 0.124. The lowest BCUT2D eigenvalue weighted by atomic mass is 9.96. The summed E-state index contributed by atoms with van der Waals surface area (Å²) in [5.41, 5.74) is 7.01. The summed E-state index contributed by atoms with van der Waals surface area (Å²) in [5.74, 6) is 2.11. The normalized spacial score (nSPS) is 11.5. The van der Waals surface area contributed by atoms with Crippen molar-refractivity contribution in [1.82, 2.24) is 9.97 Å². The number of nitrogens with two attached hydrogens (primary N) is 1. The third-order valence-electron chi connectivity index (χ3n) is 3.10. The van der Waals surface area contributed by atoms with Crippen LogP contribution in [0.5, 0.6) is 0 Å². The van der Waals surface area contributed by atoms with Crippen molar-refractivity contribution in [2.24, 2.45) is 0 Å². The summed E-state index contributed by atoms with van der Waals surface area (Å²) in [7, 11) is 2.01. The van der Waals surface area contributed by atoms with Crippen LogP contribution in [0.25, 0.3) is 0 Å². The fourth-order valence-electron chi connectivity index (χ4n) is 1.97. The van der Waals surface area contributed by atoms with Gasteiger partial charge in [-0.05, 0) is 17.7 Å². The van der Waals surface area contributed by atoms with Gasteiger partial charge in [0.1, 0.15) is 17.5 Å². The molecule has 2 aromatic rings. The molecule has 0 saturated carbocycles. The van der Waals surface area contributed by atoms with E-state index in [1.165, 1.54) is 5.56 Å². The number of rotatable bonds is 3. The second-order valence-electron chi connectivity index (χ2n) is 6.21. The fourth-order valence-corrected chi connectivity index (χ4v) is 2.42. The Labute approximate surface area is 134 Å². The molecule has 0 radical (unpaired) electrons. The first kappa shape index (κ1) is 15.8. The first-order chi connectivity index (χ1) is 9.75. The second-order valence-corrected chi connectivity index (χ2v) is 7.13. The van der Waals surface area contributed by atoms with E-state index in [4.69, 9.17) is 5.73 Å². The van der Waals surface area contributed by atoms with E-state index >= 15 is 0 Å². The predicted octanol–water partition coefficient (Wildman–Crippen LogP) is 3.76. The van der Waals surface area contributed by atoms with Gasteiger partial charge in [0, 0.05) is 29.5 Å². The molecule has 0 spiro atoms. The average molecular weight is 349 g/mol. The summed E-state index contributed by atoms with van der Waals surface area (Å²) in [6.45, 7) is 7.01. The van der Waals surface area contributed by atoms with Crippen LogP contribution in [0.15, 0.2) is 34.8 Å². The Morgan fingerprint density at radius 2 is 1.90 bits per heavy atom. The molecule has 1 heterocycles. The highest BCUT2D eigenvalue weighted by molar-refractivity contribution is 9.10. The zero-order chi connectivity index (χ0) is 15.6. The summed E-state index contributed by atoms with van der Waals surface area (Å²) < 4.78 is 1.07. The van der Waals surface area contributed by atoms with Gasteiger partial charge in [0.15, 0.2) is 0 Å². The summed E-state index contributed by atoms with van der Waals surface area (Å²) in [4.78, 5) is 11.1. The molecular formula is C16H21BrN4. The molecule has 0 unspecified atom stereocenters. The van der Waals surface area contributed by atoms with Crippen LogP contribution < -0.4 is 10.6 Å². The van der Waals surface area contributed by atoms with Crippen LogP contribution in [0.4, 0.5) is 11.6 Å². The van der Waals surface area contributed by atoms with E-state index in [2.05, 4.69) is 63.7 Å². The van der Waals surface area contributed by atoms with Crippen LogP contribution in [-0.4, -0.2) is 17.0 Å². The van der Waals surface area contributed by atoms with Crippen molar-refractivity contribution in [3.05, 3.63) is 46.2 Å². The third-order valence-corrected chi connectivity index (χ3v) is 3.60. The maximum Gasteiger partial charge on any atom is 0.138 e. The number of nitrogen functional groups attached to an aromatic ring is 1. The van der Waals surface area contributed by atoms with Gasteiger partial charge in [-0.25, -0.2) is 9.97 Å². The quantitative estimate of drug-likeness (QED) is 0.917. The Kier molecular flexibility index (Phi) is 4.52. The van der Waals surface area contributed by atoms with Crippen molar-refractivity contribution >= 4 is 27.6 Å². The molecule has 112 valence electrons. The van der Waals surface area contributed by atoms with Crippen LogP contribution in [0.3, 0.4) is 0 Å². The van der Waals surface area contributed by atoms with Crippen molar-refractivity contribution in [2.45, 2.75) is 32.7 Å². The number of hydrogen-bond acceptors (Lipinski definition) is 4. The molecule has 0 bridgehead atoms.